The third-order valence-electron chi connectivity index (χ3n) is 15.3. The highest BCUT2D eigenvalue weighted by molar-refractivity contribution is 5.74. The van der Waals surface area contributed by atoms with Gasteiger partial charge >= 0.3 is 23.9 Å². The predicted molar refractivity (Wildman–Crippen MR) is 340 cm³/mol. The highest BCUT2D eigenvalue weighted by Crippen LogP contribution is 2.27. The summed E-state index contributed by atoms with van der Waals surface area (Å²) in [4.78, 5) is 51.4. The third kappa shape index (κ3) is 48.0. The van der Waals surface area contributed by atoms with E-state index in [4.69, 9.17) is 23.7 Å². The maximum absolute atomic E-state index is 13.2. The standard InChI is InChI=1S/C71H122O12/c1-4-7-10-13-16-19-22-25-28-31-32-35-36-39-42-45-48-51-54-57-63(72)79-60-62(81-64(73)58-55-52-49-46-43-40-37-33-29-26-23-20-17-14-11-8-5-2)61-80-71-69(67(76)66(75)68(83-71)70(77)78)82-65(74)59-56-53-50-47-44-41-38-34-30-27-24-21-18-15-12-9-6-3/h7,10,16,19,25,27-28,30,32,35,39,42,62,66-69,71,75-76H,4-6,8-9,11-15,17-18,20-24,26,29,31,33-34,36-38,40-41,43-61H2,1-3H3,(H,77,78)/b10-7-,19-16-,28-25-,30-27-,35-32-,42-39-. The first-order valence-electron chi connectivity index (χ1n) is 33.9. The molecule has 6 atom stereocenters. The van der Waals surface area contributed by atoms with Crippen LogP contribution in [0.4, 0.5) is 0 Å². The van der Waals surface area contributed by atoms with Crippen molar-refractivity contribution in [3.8, 4) is 0 Å². The van der Waals surface area contributed by atoms with Gasteiger partial charge in [-0.3, -0.25) is 14.4 Å². The molecule has 12 heteroatoms. The number of hydrogen-bond acceptors (Lipinski definition) is 11. The summed E-state index contributed by atoms with van der Waals surface area (Å²) in [6.45, 7) is 5.89. The van der Waals surface area contributed by atoms with Gasteiger partial charge in [0.2, 0.25) is 0 Å². The number of aliphatic carboxylic acids is 1. The van der Waals surface area contributed by atoms with Crippen molar-refractivity contribution in [2.24, 2.45) is 0 Å². The van der Waals surface area contributed by atoms with E-state index < -0.39 is 67.3 Å². The molecule has 0 amide bonds. The van der Waals surface area contributed by atoms with Crippen LogP contribution in [-0.2, 0) is 42.9 Å². The molecule has 0 bridgehead atoms. The number of hydrogen-bond donors (Lipinski definition) is 3. The van der Waals surface area contributed by atoms with Crippen LogP contribution in [0.1, 0.15) is 303 Å². The van der Waals surface area contributed by atoms with Crippen LogP contribution < -0.4 is 0 Å². The number of rotatable bonds is 58. The van der Waals surface area contributed by atoms with Crippen LogP contribution in [0.2, 0.25) is 0 Å². The van der Waals surface area contributed by atoms with Gasteiger partial charge in [-0.15, -0.1) is 0 Å². The molecule has 1 heterocycles. The number of aliphatic hydroxyl groups excluding tert-OH is 2. The van der Waals surface area contributed by atoms with E-state index >= 15 is 0 Å². The SMILES string of the molecule is CC/C=C\C/C=C\C/C=C\C/C=C\C/C=C\CCCCCC(=O)OCC(COC1OC(C(=O)O)C(O)C(O)C1OC(=O)CCCCCCCCC/C=C\CCCCCCCC)OC(=O)CCCCCCCCCCCCCCCCCCC. The predicted octanol–water partition coefficient (Wildman–Crippen LogP) is 18.5. The van der Waals surface area contributed by atoms with Gasteiger partial charge in [0.1, 0.15) is 18.8 Å². The average Bonchev–Trinajstić information content (AvgIpc) is 3.59. The highest BCUT2D eigenvalue weighted by Gasteiger charge is 2.50. The summed E-state index contributed by atoms with van der Waals surface area (Å²) in [6, 6.07) is 0. The fourth-order valence-corrected chi connectivity index (χ4v) is 10.1. The first-order valence-corrected chi connectivity index (χ1v) is 33.9. The number of carbonyl (C=O) groups excluding carboxylic acids is 3. The van der Waals surface area contributed by atoms with Gasteiger partial charge in [0, 0.05) is 19.3 Å². The Labute approximate surface area is 506 Å². The topological polar surface area (TPSA) is 175 Å². The number of carboxylic acid groups (broad SMARTS) is 1. The van der Waals surface area contributed by atoms with Gasteiger partial charge in [-0.1, -0.05) is 267 Å². The average molecular weight is 1170 g/mol. The monoisotopic (exact) mass is 1170 g/mol. The quantitative estimate of drug-likeness (QED) is 0.0228. The van der Waals surface area contributed by atoms with E-state index in [1.807, 2.05) is 0 Å². The van der Waals surface area contributed by atoms with Crippen LogP contribution in [0.3, 0.4) is 0 Å². The van der Waals surface area contributed by atoms with E-state index in [0.717, 1.165) is 103 Å². The maximum atomic E-state index is 13.2. The van der Waals surface area contributed by atoms with E-state index in [0.29, 0.717) is 19.3 Å². The molecule has 0 aromatic rings. The molecule has 1 aliphatic heterocycles. The summed E-state index contributed by atoms with van der Waals surface area (Å²) >= 11 is 0. The van der Waals surface area contributed by atoms with E-state index in [9.17, 15) is 34.5 Å². The Morgan fingerprint density at radius 1 is 0.410 bits per heavy atom. The second-order valence-electron chi connectivity index (χ2n) is 23.1. The Morgan fingerprint density at radius 3 is 1.18 bits per heavy atom. The number of esters is 3. The van der Waals surface area contributed by atoms with Crippen molar-refractivity contribution in [1.82, 2.24) is 0 Å². The number of carbonyl (C=O) groups is 4. The van der Waals surface area contributed by atoms with Crippen molar-refractivity contribution < 1.29 is 58.2 Å². The zero-order valence-corrected chi connectivity index (χ0v) is 52.9. The normalized spacial score (nSPS) is 18.0. The molecule has 0 spiro atoms. The van der Waals surface area contributed by atoms with Gasteiger partial charge in [-0.25, -0.2) is 4.79 Å². The molecule has 0 radical (unpaired) electrons. The number of allylic oxidation sites excluding steroid dienone is 12. The molecule has 0 aromatic heterocycles. The summed E-state index contributed by atoms with van der Waals surface area (Å²) in [5.74, 6) is -3.15. The van der Waals surface area contributed by atoms with Crippen molar-refractivity contribution in [1.29, 1.82) is 0 Å². The molecule has 3 N–H and O–H groups in total. The second kappa shape index (κ2) is 58.5. The molecule has 12 nitrogen and oxygen atoms in total. The summed E-state index contributed by atoms with van der Waals surface area (Å²) in [5.41, 5.74) is 0. The lowest BCUT2D eigenvalue weighted by Gasteiger charge is -2.40. The number of carboxylic acids is 1. The van der Waals surface area contributed by atoms with Gasteiger partial charge in [0.05, 0.1) is 6.61 Å². The van der Waals surface area contributed by atoms with Crippen molar-refractivity contribution in [3.05, 3.63) is 72.9 Å². The minimum atomic E-state index is -1.91. The highest BCUT2D eigenvalue weighted by atomic mass is 16.7. The van der Waals surface area contributed by atoms with Crippen LogP contribution in [-0.4, -0.2) is 89.2 Å². The smallest absolute Gasteiger partial charge is 0.335 e. The molecule has 83 heavy (non-hydrogen) atoms. The molecule has 1 fully saturated rings. The van der Waals surface area contributed by atoms with Crippen molar-refractivity contribution >= 4 is 23.9 Å². The fourth-order valence-electron chi connectivity index (χ4n) is 10.1. The molecule has 0 aliphatic carbocycles. The Balaban J connectivity index is 2.67. The molecule has 6 unspecified atom stereocenters. The minimum Gasteiger partial charge on any atom is -0.479 e. The zero-order chi connectivity index (χ0) is 60.3. The Hall–Kier alpha value is -3.84. The lowest BCUT2D eigenvalue weighted by atomic mass is 9.98. The fraction of sp³-hybridized carbons (Fsp3) is 0.775. The first kappa shape index (κ1) is 77.2. The molecule has 1 saturated heterocycles. The Kier molecular flexibility index (Phi) is 54.4. The van der Waals surface area contributed by atoms with Crippen LogP contribution in [0.25, 0.3) is 0 Å². The first-order chi connectivity index (χ1) is 40.6. The molecule has 1 rings (SSSR count). The molecular formula is C71H122O12. The van der Waals surface area contributed by atoms with Gasteiger partial charge in [0.25, 0.3) is 0 Å². The van der Waals surface area contributed by atoms with Crippen molar-refractivity contribution in [2.75, 3.05) is 13.2 Å². The summed E-state index contributed by atoms with van der Waals surface area (Å²) in [7, 11) is 0. The molecule has 0 aromatic carbocycles. The molecular weight excluding hydrogens is 1040 g/mol. The van der Waals surface area contributed by atoms with Crippen molar-refractivity contribution in [3.63, 3.8) is 0 Å². The molecule has 0 saturated carbocycles. The molecule has 1 aliphatic rings. The van der Waals surface area contributed by atoms with Gasteiger partial charge in [-0.05, 0) is 89.9 Å². The summed E-state index contributed by atoms with van der Waals surface area (Å²) in [6.07, 6.45) is 62.8. The van der Waals surface area contributed by atoms with E-state index in [-0.39, 0.29) is 25.9 Å². The van der Waals surface area contributed by atoms with Gasteiger partial charge in [0.15, 0.2) is 24.6 Å². The Bertz CT molecular complexity index is 1720. The van der Waals surface area contributed by atoms with Crippen LogP contribution in [0.5, 0.6) is 0 Å². The maximum Gasteiger partial charge on any atom is 0.335 e. The number of ether oxygens (including phenoxy) is 5. The Morgan fingerprint density at radius 2 is 0.759 bits per heavy atom. The van der Waals surface area contributed by atoms with Crippen LogP contribution in [0.15, 0.2) is 72.9 Å². The largest absolute Gasteiger partial charge is 0.479 e. The molecule has 478 valence electrons. The lowest BCUT2D eigenvalue weighted by molar-refractivity contribution is -0.301. The van der Waals surface area contributed by atoms with Crippen molar-refractivity contribution in [2.45, 2.75) is 340 Å². The van der Waals surface area contributed by atoms with Crippen LogP contribution in [0, 0.1) is 0 Å². The minimum absolute atomic E-state index is 0.0523. The summed E-state index contributed by atoms with van der Waals surface area (Å²) < 4.78 is 28.6. The zero-order valence-electron chi connectivity index (χ0n) is 52.9. The second-order valence-corrected chi connectivity index (χ2v) is 23.1. The van der Waals surface area contributed by atoms with Crippen LogP contribution >= 0.6 is 0 Å². The summed E-state index contributed by atoms with van der Waals surface area (Å²) in [5, 5.41) is 31.6. The van der Waals surface area contributed by atoms with E-state index in [1.54, 1.807) is 0 Å². The van der Waals surface area contributed by atoms with E-state index in [2.05, 4.69) is 93.7 Å². The van der Waals surface area contributed by atoms with E-state index in [1.165, 1.54) is 141 Å². The number of unbranched alkanes of at least 4 members (excludes halogenated alkanes) is 32. The number of aliphatic hydroxyl groups is 2. The van der Waals surface area contributed by atoms with Gasteiger partial charge < -0.3 is 39.0 Å². The lowest BCUT2D eigenvalue weighted by Crippen LogP contribution is -2.61. The van der Waals surface area contributed by atoms with Gasteiger partial charge in [-0.2, -0.15) is 0 Å². The third-order valence-corrected chi connectivity index (χ3v) is 15.3.